The van der Waals surface area contributed by atoms with Crippen LogP contribution in [0.1, 0.15) is 30.7 Å². The van der Waals surface area contributed by atoms with Crippen LogP contribution in [0.4, 0.5) is 5.95 Å². The molecular formula is C10H13N5O3S. The number of nitro groups is 1. The molecule has 19 heavy (non-hydrogen) atoms. The first kappa shape index (κ1) is 13.6. The summed E-state index contributed by atoms with van der Waals surface area (Å²) in [5.74, 6) is -0.405. The van der Waals surface area contributed by atoms with Crippen LogP contribution in [0.5, 0.6) is 0 Å². The van der Waals surface area contributed by atoms with Gasteiger partial charge in [0.2, 0.25) is 6.33 Å². The Hall–Kier alpha value is -1.87. The van der Waals surface area contributed by atoms with E-state index < -0.39 is 10.9 Å². The zero-order chi connectivity index (χ0) is 13.8. The minimum Gasteiger partial charge on any atom is -0.390 e. The summed E-state index contributed by atoms with van der Waals surface area (Å²) in [6.07, 6.45) is 1.28. The van der Waals surface area contributed by atoms with E-state index in [2.05, 4.69) is 15.1 Å². The van der Waals surface area contributed by atoms with E-state index in [0.29, 0.717) is 13.2 Å². The largest absolute Gasteiger partial charge is 0.490 e. The third-order valence-corrected chi connectivity index (χ3v) is 3.40. The number of ether oxygens (including phenoxy) is 1. The fraction of sp³-hybridized carbons (Fsp3) is 0.500. The van der Waals surface area contributed by atoms with Crippen molar-refractivity contribution < 1.29 is 9.66 Å². The quantitative estimate of drug-likeness (QED) is 0.592. The molecule has 0 aliphatic rings. The molecule has 2 heterocycles. The van der Waals surface area contributed by atoms with Crippen molar-refractivity contribution >= 4 is 17.3 Å². The van der Waals surface area contributed by atoms with Crippen molar-refractivity contribution in [3.05, 3.63) is 32.5 Å². The van der Waals surface area contributed by atoms with Gasteiger partial charge in [-0.3, -0.25) is 0 Å². The zero-order valence-electron chi connectivity index (χ0n) is 10.5. The van der Waals surface area contributed by atoms with Gasteiger partial charge in [-0.25, -0.2) is 4.98 Å². The summed E-state index contributed by atoms with van der Waals surface area (Å²) in [5, 5.41) is 17.0. The molecule has 1 atom stereocenters. The van der Waals surface area contributed by atoms with Gasteiger partial charge in [0.15, 0.2) is 0 Å². The molecule has 0 radical (unpaired) electrons. The Bertz CT molecular complexity index is 567. The van der Waals surface area contributed by atoms with E-state index in [1.165, 1.54) is 22.3 Å². The smallest absolute Gasteiger partial charge is 0.390 e. The highest BCUT2D eigenvalue weighted by molar-refractivity contribution is 7.09. The monoisotopic (exact) mass is 283 g/mol. The lowest BCUT2D eigenvalue weighted by atomic mass is 10.4. The van der Waals surface area contributed by atoms with Crippen LogP contribution in [0, 0.1) is 10.1 Å². The molecule has 0 saturated carbocycles. The van der Waals surface area contributed by atoms with E-state index in [1.807, 2.05) is 19.2 Å². The Morgan fingerprint density at radius 1 is 1.63 bits per heavy atom. The van der Waals surface area contributed by atoms with Gasteiger partial charge in [-0.2, -0.15) is 4.68 Å². The number of hydrogen-bond donors (Lipinski definition) is 0. The van der Waals surface area contributed by atoms with Crippen LogP contribution in [-0.2, 0) is 11.3 Å². The Morgan fingerprint density at radius 3 is 3.05 bits per heavy atom. The van der Waals surface area contributed by atoms with Gasteiger partial charge < -0.3 is 14.9 Å². The third-order valence-electron chi connectivity index (χ3n) is 2.35. The first-order valence-electron chi connectivity index (χ1n) is 5.70. The topological polar surface area (TPSA) is 96.0 Å². The summed E-state index contributed by atoms with van der Waals surface area (Å²) in [6, 6.07) is 0. The molecule has 102 valence electrons. The first-order chi connectivity index (χ1) is 9.10. The standard InChI is InChI=1S/C10H13N5O3S/c1-3-18-7(2)9-12-8(5-19-9)4-14-6-11-10(13-14)15(16)17/h5-7H,3-4H2,1-2H3/t7-/m1/s1. The van der Waals surface area contributed by atoms with Crippen molar-refractivity contribution in [2.45, 2.75) is 26.5 Å². The van der Waals surface area contributed by atoms with Crippen LogP contribution in [0.25, 0.3) is 0 Å². The Labute approximate surface area is 113 Å². The van der Waals surface area contributed by atoms with E-state index in [-0.39, 0.29) is 6.10 Å². The molecule has 2 rings (SSSR count). The van der Waals surface area contributed by atoms with Crippen molar-refractivity contribution in [3.8, 4) is 0 Å². The van der Waals surface area contributed by atoms with Crippen LogP contribution in [-0.4, -0.2) is 31.3 Å². The molecule has 0 aliphatic heterocycles. The molecule has 0 spiro atoms. The molecule has 0 aromatic carbocycles. The minimum absolute atomic E-state index is 0.0474. The Balaban J connectivity index is 2.04. The molecule has 8 nitrogen and oxygen atoms in total. The molecule has 2 aromatic heterocycles. The first-order valence-corrected chi connectivity index (χ1v) is 6.58. The summed E-state index contributed by atoms with van der Waals surface area (Å²) in [5.41, 5.74) is 0.784. The number of aromatic nitrogens is 4. The summed E-state index contributed by atoms with van der Waals surface area (Å²) in [4.78, 5) is 17.8. The second kappa shape index (κ2) is 5.85. The van der Waals surface area contributed by atoms with Crippen molar-refractivity contribution in [2.75, 3.05) is 6.61 Å². The highest BCUT2D eigenvalue weighted by atomic mass is 32.1. The van der Waals surface area contributed by atoms with Gasteiger partial charge >= 0.3 is 5.95 Å². The normalized spacial score (nSPS) is 12.5. The summed E-state index contributed by atoms with van der Waals surface area (Å²) < 4.78 is 6.84. The van der Waals surface area contributed by atoms with Gasteiger partial charge in [0.05, 0.1) is 5.69 Å². The van der Waals surface area contributed by atoms with Crippen molar-refractivity contribution in [2.24, 2.45) is 0 Å². The van der Waals surface area contributed by atoms with Gasteiger partial charge in [-0.15, -0.1) is 11.3 Å². The van der Waals surface area contributed by atoms with Crippen LogP contribution >= 0.6 is 11.3 Å². The minimum atomic E-state index is -0.625. The number of rotatable bonds is 6. The maximum Gasteiger partial charge on any atom is 0.490 e. The van der Waals surface area contributed by atoms with Gasteiger partial charge in [0.1, 0.15) is 17.7 Å². The highest BCUT2D eigenvalue weighted by Gasteiger charge is 2.15. The number of thiazole rings is 1. The average Bonchev–Trinajstić information content (AvgIpc) is 2.99. The van der Waals surface area contributed by atoms with Crippen LogP contribution in [0.3, 0.4) is 0 Å². The predicted molar refractivity (Wildman–Crippen MR) is 67.9 cm³/mol. The van der Waals surface area contributed by atoms with E-state index in [0.717, 1.165) is 10.7 Å². The molecule has 0 N–H and O–H groups in total. The van der Waals surface area contributed by atoms with Gasteiger partial charge in [0, 0.05) is 17.1 Å². The molecule has 0 bridgehead atoms. The lowest BCUT2D eigenvalue weighted by molar-refractivity contribution is -0.394. The van der Waals surface area contributed by atoms with E-state index in [9.17, 15) is 10.1 Å². The van der Waals surface area contributed by atoms with Crippen molar-refractivity contribution in [1.29, 1.82) is 0 Å². The summed E-state index contributed by atoms with van der Waals surface area (Å²) in [6.45, 7) is 4.85. The fourth-order valence-electron chi connectivity index (χ4n) is 1.51. The second-order valence-electron chi connectivity index (χ2n) is 3.77. The van der Waals surface area contributed by atoms with Crippen LogP contribution in [0.2, 0.25) is 0 Å². The number of hydrogen-bond acceptors (Lipinski definition) is 7. The van der Waals surface area contributed by atoms with E-state index >= 15 is 0 Å². The van der Waals surface area contributed by atoms with Crippen molar-refractivity contribution in [3.63, 3.8) is 0 Å². The Morgan fingerprint density at radius 2 is 2.42 bits per heavy atom. The van der Waals surface area contributed by atoms with Crippen molar-refractivity contribution in [1.82, 2.24) is 19.7 Å². The van der Waals surface area contributed by atoms with Crippen LogP contribution < -0.4 is 0 Å². The Kier molecular flexibility index (Phi) is 4.17. The molecule has 0 amide bonds. The molecule has 0 fully saturated rings. The average molecular weight is 283 g/mol. The molecule has 0 unspecified atom stereocenters. The molecule has 0 saturated heterocycles. The lowest BCUT2D eigenvalue weighted by Gasteiger charge is -2.06. The maximum absolute atomic E-state index is 10.5. The predicted octanol–water partition coefficient (Wildman–Crippen LogP) is 1.79. The summed E-state index contributed by atoms with van der Waals surface area (Å²) in [7, 11) is 0. The highest BCUT2D eigenvalue weighted by Crippen LogP contribution is 2.21. The van der Waals surface area contributed by atoms with Gasteiger partial charge in [-0.05, 0) is 18.8 Å². The molecule has 9 heteroatoms. The lowest BCUT2D eigenvalue weighted by Crippen LogP contribution is -2.03. The van der Waals surface area contributed by atoms with E-state index in [1.54, 1.807) is 0 Å². The van der Waals surface area contributed by atoms with Gasteiger partial charge in [-0.1, -0.05) is 4.98 Å². The SMILES string of the molecule is CCO[C@H](C)c1nc(Cn2cnc([N+](=O)[O-])n2)cs1. The number of nitrogens with zero attached hydrogens (tertiary/aromatic N) is 5. The zero-order valence-corrected chi connectivity index (χ0v) is 11.3. The third kappa shape index (κ3) is 3.32. The molecule has 2 aromatic rings. The second-order valence-corrected chi connectivity index (χ2v) is 4.66. The van der Waals surface area contributed by atoms with Crippen LogP contribution in [0.15, 0.2) is 11.7 Å². The maximum atomic E-state index is 10.5. The fourth-order valence-corrected chi connectivity index (χ4v) is 2.33. The summed E-state index contributed by atoms with van der Waals surface area (Å²) >= 11 is 1.50. The molecule has 0 aliphatic carbocycles. The van der Waals surface area contributed by atoms with E-state index in [4.69, 9.17) is 4.74 Å². The van der Waals surface area contributed by atoms with Gasteiger partial charge in [0.25, 0.3) is 0 Å². The molecular weight excluding hydrogens is 270 g/mol.